The number of hydrogen-bond donors (Lipinski definition) is 1. The molecule has 1 aliphatic heterocycles. The first-order valence-electron chi connectivity index (χ1n) is 8.24. The molecule has 0 aromatic heterocycles. The molecule has 2 saturated carbocycles. The Bertz CT molecular complexity index is 510. The molecule has 1 aromatic carbocycles. The van der Waals surface area contributed by atoms with E-state index in [0.717, 1.165) is 12.0 Å². The van der Waals surface area contributed by atoms with Crippen LogP contribution < -0.4 is 0 Å². The summed E-state index contributed by atoms with van der Waals surface area (Å²) in [6.07, 6.45) is 8.17. The number of benzene rings is 1. The van der Waals surface area contributed by atoms with Crippen molar-refractivity contribution in [3.05, 3.63) is 29.8 Å². The number of aromatic hydroxyl groups is 1. The molecule has 2 nitrogen and oxygen atoms in total. The first-order valence-corrected chi connectivity index (χ1v) is 8.24. The molecule has 20 heavy (non-hydrogen) atoms. The van der Waals surface area contributed by atoms with Crippen LogP contribution >= 0.6 is 0 Å². The van der Waals surface area contributed by atoms with E-state index in [1.165, 1.54) is 50.6 Å². The highest BCUT2D eigenvalue weighted by Gasteiger charge is 2.53. The third kappa shape index (κ3) is 1.88. The molecule has 0 spiro atoms. The van der Waals surface area contributed by atoms with Crippen LogP contribution in [0.5, 0.6) is 5.75 Å². The van der Waals surface area contributed by atoms with Crippen LogP contribution in [-0.4, -0.2) is 28.6 Å². The lowest BCUT2D eigenvalue weighted by Crippen LogP contribution is -2.41. The minimum absolute atomic E-state index is 0.288. The standard InChI is InChI=1S/C18H25NO/c1-13-18(15-4-2-6-17(20)10-15)9-3-5-16(11-18)19(13)12-14-7-8-14/h2,4,6,10,13-14,16,20H,3,5,7-9,11-12H2,1H3. The Morgan fingerprint density at radius 3 is 2.90 bits per heavy atom. The van der Waals surface area contributed by atoms with Crippen LogP contribution in [0, 0.1) is 5.92 Å². The Balaban J connectivity index is 1.69. The van der Waals surface area contributed by atoms with E-state index >= 15 is 0 Å². The summed E-state index contributed by atoms with van der Waals surface area (Å²) < 4.78 is 0. The molecular formula is C18H25NO. The lowest BCUT2D eigenvalue weighted by atomic mass is 9.67. The van der Waals surface area contributed by atoms with Gasteiger partial charge in [0.1, 0.15) is 5.75 Å². The molecule has 4 rings (SSSR count). The van der Waals surface area contributed by atoms with Gasteiger partial charge in [0.15, 0.2) is 0 Å². The van der Waals surface area contributed by atoms with Gasteiger partial charge in [-0.2, -0.15) is 0 Å². The van der Waals surface area contributed by atoms with Gasteiger partial charge in [-0.3, -0.25) is 4.90 Å². The van der Waals surface area contributed by atoms with Crippen molar-refractivity contribution in [1.82, 2.24) is 4.90 Å². The number of nitrogens with zero attached hydrogens (tertiary/aromatic N) is 1. The maximum atomic E-state index is 9.86. The smallest absolute Gasteiger partial charge is 0.115 e. The maximum absolute atomic E-state index is 9.86. The molecule has 1 saturated heterocycles. The van der Waals surface area contributed by atoms with Crippen LogP contribution in [0.15, 0.2) is 24.3 Å². The maximum Gasteiger partial charge on any atom is 0.115 e. The van der Waals surface area contributed by atoms with Gasteiger partial charge in [0.2, 0.25) is 0 Å². The van der Waals surface area contributed by atoms with Crippen LogP contribution in [0.2, 0.25) is 0 Å². The number of hydrogen-bond acceptors (Lipinski definition) is 2. The van der Waals surface area contributed by atoms with Crippen LogP contribution in [0.1, 0.15) is 51.0 Å². The normalized spacial score (nSPS) is 37.2. The second-order valence-electron chi connectivity index (χ2n) is 7.27. The lowest BCUT2D eigenvalue weighted by molar-refractivity contribution is 0.183. The average Bonchev–Trinajstić information content (AvgIpc) is 3.25. The molecule has 1 aromatic rings. The van der Waals surface area contributed by atoms with Gasteiger partial charge in [-0.1, -0.05) is 18.6 Å². The molecule has 3 aliphatic rings. The quantitative estimate of drug-likeness (QED) is 0.906. The fourth-order valence-electron chi connectivity index (χ4n) is 4.80. The third-order valence-corrected chi connectivity index (χ3v) is 6.11. The zero-order chi connectivity index (χ0) is 13.7. The van der Waals surface area contributed by atoms with Crippen LogP contribution in [0.3, 0.4) is 0 Å². The van der Waals surface area contributed by atoms with E-state index in [-0.39, 0.29) is 5.41 Å². The second-order valence-corrected chi connectivity index (χ2v) is 7.27. The number of fused-ring (bicyclic) bond motifs is 2. The van der Waals surface area contributed by atoms with E-state index in [0.29, 0.717) is 11.8 Å². The molecule has 0 radical (unpaired) electrons. The van der Waals surface area contributed by atoms with Crippen molar-refractivity contribution in [2.75, 3.05) is 6.54 Å². The van der Waals surface area contributed by atoms with Crippen molar-refractivity contribution in [1.29, 1.82) is 0 Å². The Kier molecular flexibility index (Phi) is 2.85. The molecule has 3 atom stereocenters. The van der Waals surface area contributed by atoms with Gasteiger partial charge >= 0.3 is 0 Å². The first-order chi connectivity index (χ1) is 9.69. The molecule has 108 valence electrons. The molecule has 1 N–H and O–H groups in total. The summed E-state index contributed by atoms with van der Waals surface area (Å²) in [4.78, 5) is 2.80. The highest BCUT2D eigenvalue weighted by Crippen LogP contribution is 2.52. The van der Waals surface area contributed by atoms with Crippen LogP contribution in [-0.2, 0) is 5.41 Å². The molecule has 3 unspecified atom stereocenters. The summed E-state index contributed by atoms with van der Waals surface area (Å²) in [6.45, 7) is 3.74. The zero-order valence-corrected chi connectivity index (χ0v) is 12.4. The third-order valence-electron chi connectivity index (χ3n) is 6.11. The van der Waals surface area contributed by atoms with Crippen molar-refractivity contribution in [2.45, 2.75) is 62.9 Å². The topological polar surface area (TPSA) is 23.5 Å². The predicted molar refractivity (Wildman–Crippen MR) is 80.9 cm³/mol. The minimum Gasteiger partial charge on any atom is -0.508 e. The van der Waals surface area contributed by atoms with E-state index in [1.54, 1.807) is 6.07 Å². The number of phenolic OH excluding ortho intramolecular Hbond substituents is 1. The van der Waals surface area contributed by atoms with Crippen molar-refractivity contribution < 1.29 is 5.11 Å². The predicted octanol–water partition coefficient (Wildman–Crippen LogP) is 3.69. The van der Waals surface area contributed by atoms with Gasteiger partial charge in [0.05, 0.1) is 0 Å². The van der Waals surface area contributed by atoms with Crippen molar-refractivity contribution in [2.24, 2.45) is 5.92 Å². The summed E-state index contributed by atoms with van der Waals surface area (Å²) in [5, 5.41) is 9.86. The second kappa shape index (κ2) is 4.49. The summed E-state index contributed by atoms with van der Waals surface area (Å²) in [7, 11) is 0. The largest absolute Gasteiger partial charge is 0.508 e. The van der Waals surface area contributed by atoms with Crippen LogP contribution in [0.4, 0.5) is 0 Å². The Hall–Kier alpha value is -1.02. The molecular weight excluding hydrogens is 246 g/mol. The Morgan fingerprint density at radius 2 is 2.15 bits per heavy atom. The van der Waals surface area contributed by atoms with E-state index in [2.05, 4.69) is 17.9 Å². The molecule has 2 bridgehead atoms. The summed E-state index contributed by atoms with van der Waals surface area (Å²) >= 11 is 0. The van der Waals surface area contributed by atoms with Crippen molar-refractivity contribution >= 4 is 0 Å². The number of phenols is 1. The summed E-state index contributed by atoms with van der Waals surface area (Å²) in [5.41, 5.74) is 1.66. The van der Waals surface area contributed by atoms with Gasteiger partial charge in [-0.05, 0) is 62.6 Å². The molecule has 2 aliphatic carbocycles. The highest BCUT2D eigenvalue weighted by molar-refractivity contribution is 5.37. The first kappa shape index (κ1) is 12.7. The van der Waals surface area contributed by atoms with Gasteiger partial charge < -0.3 is 5.11 Å². The number of likely N-dealkylation sites (tertiary alicyclic amines) is 1. The minimum atomic E-state index is 0.288. The molecule has 2 heteroatoms. The van der Waals surface area contributed by atoms with Gasteiger partial charge in [0.25, 0.3) is 0 Å². The Labute approximate surface area is 121 Å². The van der Waals surface area contributed by atoms with Crippen LogP contribution in [0.25, 0.3) is 0 Å². The average molecular weight is 271 g/mol. The van der Waals surface area contributed by atoms with Crippen molar-refractivity contribution in [3.8, 4) is 5.75 Å². The lowest BCUT2D eigenvalue weighted by Gasteiger charge is -2.37. The van der Waals surface area contributed by atoms with E-state index in [9.17, 15) is 5.11 Å². The zero-order valence-electron chi connectivity index (χ0n) is 12.4. The highest BCUT2D eigenvalue weighted by atomic mass is 16.3. The monoisotopic (exact) mass is 271 g/mol. The van der Waals surface area contributed by atoms with Gasteiger partial charge in [0, 0.05) is 24.0 Å². The van der Waals surface area contributed by atoms with Gasteiger partial charge in [-0.25, -0.2) is 0 Å². The van der Waals surface area contributed by atoms with E-state index in [1.807, 2.05) is 12.1 Å². The molecule has 0 amide bonds. The van der Waals surface area contributed by atoms with E-state index in [4.69, 9.17) is 0 Å². The molecule has 1 heterocycles. The fourth-order valence-corrected chi connectivity index (χ4v) is 4.80. The van der Waals surface area contributed by atoms with E-state index < -0.39 is 0 Å². The number of rotatable bonds is 3. The van der Waals surface area contributed by atoms with Gasteiger partial charge in [-0.15, -0.1) is 0 Å². The Morgan fingerprint density at radius 1 is 1.30 bits per heavy atom. The summed E-state index contributed by atoms with van der Waals surface area (Å²) in [6, 6.07) is 9.46. The summed E-state index contributed by atoms with van der Waals surface area (Å²) in [5.74, 6) is 1.39. The molecule has 3 fully saturated rings. The SMILES string of the molecule is CC1N(CC2CC2)C2CCCC1(c1cccc(O)c1)C2. The fraction of sp³-hybridized carbons (Fsp3) is 0.667. The van der Waals surface area contributed by atoms with Crippen molar-refractivity contribution in [3.63, 3.8) is 0 Å².